The second-order valence-electron chi connectivity index (χ2n) is 9.47. The quantitative estimate of drug-likeness (QED) is 0.364. The molecule has 1 heteroatoms. The van der Waals surface area contributed by atoms with Crippen LogP contribution in [0.3, 0.4) is 0 Å². The van der Waals surface area contributed by atoms with Crippen LogP contribution in [0.4, 0.5) is 4.39 Å². The molecule has 0 amide bonds. The Bertz CT molecular complexity index is 568. The fourth-order valence-electron chi connectivity index (χ4n) is 5.73. The van der Waals surface area contributed by atoms with Crippen LogP contribution >= 0.6 is 0 Å². The average molecular weight is 373 g/mol. The SMILES string of the molecule is CCCCCCCCc1cc(F)c2c(c1)CC([C@H]1CC[C@H](CCC)CC1)C2. The molecule has 3 rings (SSSR count). The molecule has 0 heterocycles. The van der Waals surface area contributed by atoms with Gasteiger partial charge in [-0.1, -0.05) is 77.7 Å². The second-order valence-corrected chi connectivity index (χ2v) is 9.47. The minimum absolute atomic E-state index is 0.0932. The Balaban J connectivity index is 1.49. The lowest BCUT2D eigenvalue weighted by atomic mass is 9.74. The standard InChI is InChI=1S/C26H41F/c1-3-5-6-7-8-9-11-21-16-24-18-23(19-25(24)26(27)17-21)22-14-12-20(10-4-2)13-15-22/h16-17,20,22-23H,3-15,18-19H2,1-2H3/t20-,22-,23?. The van der Waals surface area contributed by atoms with Gasteiger partial charge in [0, 0.05) is 0 Å². The predicted molar refractivity (Wildman–Crippen MR) is 115 cm³/mol. The topological polar surface area (TPSA) is 0 Å². The van der Waals surface area contributed by atoms with Gasteiger partial charge in [-0.2, -0.15) is 0 Å². The van der Waals surface area contributed by atoms with Gasteiger partial charge >= 0.3 is 0 Å². The third-order valence-corrected chi connectivity index (χ3v) is 7.37. The van der Waals surface area contributed by atoms with E-state index in [1.165, 1.54) is 88.2 Å². The van der Waals surface area contributed by atoms with Crippen molar-refractivity contribution in [3.8, 4) is 0 Å². The van der Waals surface area contributed by atoms with Crippen molar-refractivity contribution in [3.63, 3.8) is 0 Å². The first kappa shape index (κ1) is 20.9. The van der Waals surface area contributed by atoms with Crippen molar-refractivity contribution in [2.45, 2.75) is 110 Å². The summed E-state index contributed by atoms with van der Waals surface area (Å²) in [5.41, 5.74) is 3.65. The number of hydrogen-bond acceptors (Lipinski definition) is 0. The molecule has 1 fully saturated rings. The predicted octanol–water partition coefficient (Wildman–Crippen LogP) is 8.05. The van der Waals surface area contributed by atoms with Crippen molar-refractivity contribution in [1.29, 1.82) is 0 Å². The number of halogens is 1. The summed E-state index contributed by atoms with van der Waals surface area (Å²) in [7, 11) is 0. The zero-order chi connectivity index (χ0) is 19.1. The molecule has 0 N–H and O–H groups in total. The number of hydrogen-bond donors (Lipinski definition) is 0. The van der Waals surface area contributed by atoms with Crippen LogP contribution in [-0.2, 0) is 19.3 Å². The molecule has 1 aromatic carbocycles. The fourth-order valence-corrected chi connectivity index (χ4v) is 5.73. The minimum atomic E-state index is 0.0932. The number of unbranched alkanes of at least 4 members (excludes halogenated alkanes) is 5. The van der Waals surface area contributed by atoms with Crippen molar-refractivity contribution in [3.05, 3.63) is 34.6 Å². The van der Waals surface area contributed by atoms with E-state index in [4.69, 9.17) is 0 Å². The lowest BCUT2D eigenvalue weighted by Gasteiger charge is -2.32. The van der Waals surface area contributed by atoms with E-state index in [0.29, 0.717) is 5.92 Å². The van der Waals surface area contributed by atoms with Crippen LogP contribution < -0.4 is 0 Å². The van der Waals surface area contributed by atoms with E-state index >= 15 is 0 Å². The normalized spacial score (nSPS) is 24.9. The van der Waals surface area contributed by atoms with Crippen LogP contribution in [-0.4, -0.2) is 0 Å². The number of fused-ring (bicyclic) bond motifs is 1. The lowest BCUT2D eigenvalue weighted by Crippen LogP contribution is -2.22. The van der Waals surface area contributed by atoms with E-state index in [2.05, 4.69) is 19.9 Å². The molecule has 2 aliphatic carbocycles. The van der Waals surface area contributed by atoms with Crippen molar-refractivity contribution in [2.75, 3.05) is 0 Å². The molecule has 0 bridgehead atoms. The number of benzene rings is 1. The van der Waals surface area contributed by atoms with Crippen molar-refractivity contribution in [1.82, 2.24) is 0 Å². The lowest BCUT2D eigenvalue weighted by molar-refractivity contribution is 0.201. The third kappa shape index (κ3) is 5.81. The summed E-state index contributed by atoms with van der Waals surface area (Å²) in [5, 5.41) is 0. The fraction of sp³-hybridized carbons (Fsp3) is 0.769. The summed E-state index contributed by atoms with van der Waals surface area (Å²) in [4.78, 5) is 0. The van der Waals surface area contributed by atoms with Gasteiger partial charge in [-0.05, 0) is 79.0 Å². The largest absolute Gasteiger partial charge is 0.207 e. The van der Waals surface area contributed by atoms with Crippen LogP contribution in [0.1, 0.15) is 108 Å². The van der Waals surface area contributed by atoms with Crippen LogP contribution in [0.2, 0.25) is 0 Å². The first-order valence-corrected chi connectivity index (χ1v) is 12.0. The molecular formula is C26H41F. The number of rotatable bonds is 10. The van der Waals surface area contributed by atoms with Gasteiger partial charge in [0.1, 0.15) is 5.82 Å². The van der Waals surface area contributed by atoms with Crippen molar-refractivity contribution in [2.24, 2.45) is 17.8 Å². The number of aryl methyl sites for hydroxylation is 1. The van der Waals surface area contributed by atoms with Gasteiger partial charge in [-0.3, -0.25) is 0 Å². The Morgan fingerprint density at radius 3 is 2.30 bits per heavy atom. The molecule has 0 radical (unpaired) electrons. The Hall–Kier alpha value is -0.850. The van der Waals surface area contributed by atoms with Gasteiger partial charge < -0.3 is 0 Å². The van der Waals surface area contributed by atoms with Gasteiger partial charge in [0.25, 0.3) is 0 Å². The van der Waals surface area contributed by atoms with Gasteiger partial charge in [-0.25, -0.2) is 4.39 Å². The molecule has 2 aliphatic rings. The zero-order valence-corrected chi connectivity index (χ0v) is 17.9. The monoisotopic (exact) mass is 372 g/mol. The van der Waals surface area contributed by atoms with Crippen LogP contribution in [0.25, 0.3) is 0 Å². The highest BCUT2D eigenvalue weighted by Gasteiger charge is 2.33. The summed E-state index contributed by atoms with van der Waals surface area (Å²) in [6.45, 7) is 4.57. The summed E-state index contributed by atoms with van der Waals surface area (Å²) in [6.07, 6.45) is 19.4. The van der Waals surface area contributed by atoms with E-state index in [1.807, 2.05) is 6.07 Å². The molecule has 0 saturated heterocycles. The zero-order valence-electron chi connectivity index (χ0n) is 17.9. The van der Waals surface area contributed by atoms with Gasteiger partial charge in [0.05, 0.1) is 0 Å². The molecule has 1 unspecified atom stereocenters. The molecule has 27 heavy (non-hydrogen) atoms. The van der Waals surface area contributed by atoms with E-state index in [1.54, 1.807) is 0 Å². The summed E-state index contributed by atoms with van der Waals surface area (Å²) in [6, 6.07) is 4.21. The van der Waals surface area contributed by atoms with Crippen LogP contribution in [0.15, 0.2) is 12.1 Å². The van der Waals surface area contributed by atoms with Gasteiger partial charge in [0.2, 0.25) is 0 Å². The Labute approximate surface area is 167 Å². The van der Waals surface area contributed by atoms with E-state index in [9.17, 15) is 4.39 Å². The van der Waals surface area contributed by atoms with Gasteiger partial charge in [0.15, 0.2) is 0 Å². The molecule has 1 saturated carbocycles. The maximum absolute atomic E-state index is 14.7. The summed E-state index contributed by atoms with van der Waals surface area (Å²) >= 11 is 0. The highest BCUT2D eigenvalue weighted by atomic mass is 19.1. The smallest absolute Gasteiger partial charge is 0.126 e. The highest BCUT2D eigenvalue weighted by molar-refractivity contribution is 5.38. The summed E-state index contributed by atoms with van der Waals surface area (Å²) < 4.78 is 14.7. The van der Waals surface area contributed by atoms with E-state index in [-0.39, 0.29) is 5.82 Å². The molecule has 0 aliphatic heterocycles. The Kier molecular flexibility index (Phi) is 8.22. The third-order valence-electron chi connectivity index (χ3n) is 7.37. The summed E-state index contributed by atoms with van der Waals surface area (Å²) in [5.74, 6) is 2.61. The van der Waals surface area contributed by atoms with Crippen LogP contribution in [0.5, 0.6) is 0 Å². The molecule has 0 spiro atoms. The molecule has 1 atom stereocenters. The first-order valence-electron chi connectivity index (χ1n) is 12.0. The Morgan fingerprint density at radius 1 is 0.815 bits per heavy atom. The molecular weight excluding hydrogens is 331 g/mol. The Morgan fingerprint density at radius 2 is 1.56 bits per heavy atom. The highest BCUT2D eigenvalue weighted by Crippen LogP contribution is 2.42. The maximum atomic E-state index is 14.7. The van der Waals surface area contributed by atoms with E-state index < -0.39 is 0 Å². The van der Waals surface area contributed by atoms with Crippen LogP contribution in [0, 0.1) is 23.6 Å². The maximum Gasteiger partial charge on any atom is 0.126 e. The first-order chi connectivity index (χ1) is 13.2. The van der Waals surface area contributed by atoms with Crippen molar-refractivity contribution >= 4 is 0 Å². The molecule has 152 valence electrons. The average Bonchev–Trinajstić information content (AvgIpc) is 3.10. The second kappa shape index (κ2) is 10.6. The van der Waals surface area contributed by atoms with Crippen molar-refractivity contribution < 1.29 is 4.39 Å². The molecule has 0 nitrogen and oxygen atoms in total. The minimum Gasteiger partial charge on any atom is -0.207 e. The molecule has 0 aromatic heterocycles. The van der Waals surface area contributed by atoms with Gasteiger partial charge in [-0.15, -0.1) is 0 Å². The molecule has 1 aromatic rings. The van der Waals surface area contributed by atoms with E-state index in [0.717, 1.165) is 36.7 Å².